The fourth-order valence-electron chi connectivity index (χ4n) is 2.62. The Morgan fingerprint density at radius 3 is 2.70 bits per heavy atom. The van der Waals surface area contributed by atoms with Crippen molar-refractivity contribution < 1.29 is 17.6 Å². The van der Waals surface area contributed by atoms with Crippen LogP contribution in [0, 0.1) is 5.82 Å². The summed E-state index contributed by atoms with van der Waals surface area (Å²) >= 11 is 6.80. The van der Waals surface area contributed by atoms with Gasteiger partial charge >= 0.3 is 6.18 Å². The fraction of sp³-hybridized carbons (Fsp3) is 0.118. The van der Waals surface area contributed by atoms with E-state index in [-0.39, 0.29) is 38.8 Å². The molecule has 0 spiro atoms. The second-order valence-corrected chi connectivity index (χ2v) is 7.28. The van der Waals surface area contributed by atoms with Crippen LogP contribution in [0.2, 0.25) is 5.02 Å². The molecular formula is C17H10ClF4N7S. The summed E-state index contributed by atoms with van der Waals surface area (Å²) in [4.78, 5) is 4.19. The molecule has 4 rings (SSSR count). The smallest absolute Gasteiger partial charge is 0.258 e. The van der Waals surface area contributed by atoms with Gasteiger partial charge in [-0.3, -0.25) is 5.10 Å². The number of halogens is 5. The maximum Gasteiger partial charge on any atom is 0.418 e. The van der Waals surface area contributed by atoms with Gasteiger partial charge in [0.25, 0.3) is 0 Å². The zero-order chi connectivity index (χ0) is 21.3. The van der Waals surface area contributed by atoms with Gasteiger partial charge in [-0.25, -0.2) is 9.37 Å². The van der Waals surface area contributed by atoms with E-state index < -0.39 is 17.6 Å². The Morgan fingerprint density at radius 2 is 1.93 bits per heavy atom. The lowest BCUT2D eigenvalue weighted by atomic mass is 10.1. The normalized spacial score (nSPS) is 11.8. The highest BCUT2D eigenvalue weighted by atomic mass is 35.5. The lowest BCUT2D eigenvalue weighted by Crippen LogP contribution is -2.13. The van der Waals surface area contributed by atoms with Crippen LogP contribution in [0.15, 0.2) is 47.6 Å². The van der Waals surface area contributed by atoms with Crippen molar-refractivity contribution in [3.8, 4) is 17.1 Å². The van der Waals surface area contributed by atoms with Crippen LogP contribution in [0.5, 0.6) is 0 Å². The average Bonchev–Trinajstić information content (AvgIpc) is 3.35. The highest BCUT2D eigenvalue weighted by Crippen LogP contribution is 2.36. The molecule has 0 unspecified atom stereocenters. The van der Waals surface area contributed by atoms with Crippen molar-refractivity contribution in [3.05, 3.63) is 64.7 Å². The molecule has 30 heavy (non-hydrogen) atoms. The number of hydrogen-bond donors (Lipinski definition) is 1. The fourth-order valence-corrected chi connectivity index (χ4v) is 3.49. The quantitative estimate of drug-likeness (QED) is 0.351. The number of aromatic nitrogens is 7. The molecule has 154 valence electrons. The molecule has 2 aromatic heterocycles. The topological polar surface area (TPSA) is 85.2 Å². The third-order valence-electron chi connectivity index (χ3n) is 3.95. The Kier molecular flexibility index (Phi) is 5.43. The molecule has 2 aromatic carbocycles. The van der Waals surface area contributed by atoms with Gasteiger partial charge in [0.2, 0.25) is 5.16 Å². The summed E-state index contributed by atoms with van der Waals surface area (Å²) in [6.07, 6.45) is -4.64. The highest BCUT2D eigenvalue weighted by Gasteiger charge is 2.35. The SMILES string of the molecule is Fc1ccccc1-c1nc(SCc2nnnn2-c2ccc(Cl)cc2C(F)(F)F)n[nH]1. The molecule has 0 bridgehead atoms. The lowest BCUT2D eigenvalue weighted by Gasteiger charge is -2.13. The predicted octanol–water partition coefficient (Wildman–Crippen LogP) is 4.55. The van der Waals surface area contributed by atoms with Crippen molar-refractivity contribution in [2.75, 3.05) is 0 Å². The molecule has 2 heterocycles. The molecule has 0 atom stereocenters. The van der Waals surface area contributed by atoms with Gasteiger partial charge in [0.05, 0.1) is 22.6 Å². The number of hydrogen-bond acceptors (Lipinski definition) is 6. The standard InChI is InChI=1S/C17H10ClF4N7S/c18-9-5-6-13(11(7-9)17(20,21)22)29-14(24-27-28-29)8-30-16-23-15(25-26-16)10-3-1-2-4-12(10)19/h1-7H,8H2,(H,23,25,26). The maximum atomic E-state index is 13.9. The van der Waals surface area contributed by atoms with Crippen molar-refractivity contribution >= 4 is 23.4 Å². The van der Waals surface area contributed by atoms with E-state index in [9.17, 15) is 17.6 Å². The Morgan fingerprint density at radius 1 is 1.13 bits per heavy atom. The number of aromatic amines is 1. The van der Waals surface area contributed by atoms with E-state index in [1.54, 1.807) is 18.2 Å². The summed E-state index contributed by atoms with van der Waals surface area (Å²) in [5.74, 6) is -0.0181. The van der Waals surface area contributed by atoms with Gasteiger partial charge < -0.3 is 0 Å². The summed E-state index contributed by atoms with van der Waals surface area (Å²) in [7, 11) is 0. The van der Waals surface area contributed by atoms with Gasteiger partial charge in [-0.2, -0.15) is 17.9 Å². The van der Waals surface area contributed by atoms with Crippen LogP contribution in [-0.2, 0) is 11.9 Å². The Balaban J connectivity index is 1.57. The van der Waals surface area contributed by atoms with E-state index in [0.29, 0.717) is 0 Å². The Labute approximate surface area is 175 Å². The van der Waals surface area contributed by atoms with Gasteiger partial charge in [-0.1, -0.05) is 35.5 Å². The molecule has 0 aliphatic heterocycles. The second kappa shape index (κ2) is 8.03. The molecule has 0 aliphatic carbocycles. The highest BCUT2D eigenvalue weighted by molar-refractivity contribution is 7.98. The minimum atomic E-state index is -4.64. The van der Waals surface area contributed by atoms with Gasteiger partial charge in [0, 0.05) is 5.02 Å². The summed E-state index contributed by atoms with van der Waals surface area (Å²) in [5.41, 5.74) is -0.972. The molecule has 7 nitrogen and oxygen atoms in total. The van der Waals surface area contributed by atoms with E-state index in [1.807, 2.05) is 0 Å². The number of benzene rings is 2. The summed E-state index contributed by atoms with van der Waals surface area (Å²) in [6, 6.07) is 9.38. The van der Waals surface area contributed by atoms with Crippen molar-refractivity contribution in [3.63, 3.8) is 0 Å². The van der Waals surface area contributed by atoms with Crippen LogP contribution in [0.3, 0.4) is 0 Å². The summed E-state index contributed by atoms with van der Waals surface area (Å²) in [5, 5.41) is 17.7. The molecule has 0 saturated heterocycles. The van der Waals surface area contributed by atoms with Crippen molar-refractivity contribution in [2.45, 2.75) is 17.1 Å². The molecule has 0 amide bonds. The van der Waals surface area contributed by atoms with Gasteiger partial charge in [0.15, 0.2) is 11.6 Å². The molecule has 4 aromatic rings. The molecule has 0 saturated carbocycles. The number of nitrogens with one attached hydrogen (secondary N) is 1. The minimum absolute atomic E-state index is 0.0588. The van der Waals surface area contributed by atoms with Crippen LogP contribution in [-0.4, -0.2) is 35.4 Å². The van der Waals surface area contributed by atoms with Crippen LogP contribution in [0.1, 0.15) is 11.4 Å². The van der Waals surface area contributed by atoms with E-state index in [4.69, 9.17) is 11.6 Å². The van der Waals surface area contributed by atoms with Gasteiger partial charge in [-0.05, 0) is 40.8 Å². The van der Waals surface area contributed by atoms with E-state index in [0.717, 1.165) is 22.5 Å². The number of tetrazole rings is 1. The zero-order valence-corrected chi connectivity index (χ0v) is 16.3. The number of thioether (sulfide) groups is 1. The van der Waals surface area contributed by atoms with Crippen LogP contribution in [0.25, 0.3) is 17.1 Å². The molecular weight excluding hydrogens is 446 g/mol. The summed E-state index contributed by atoms with van der Waals surface area (Å²) < 4.78 is 55.1. The third kappa shape index (κ3) is 4.14. The van der Waals surface area contributed by atoms with Gasteiger partial charge in [0.1, 0.15) is 5.82 Å². The van der Waals surface area contributed by atoms with E-state index in [1.165, 1.54) is 18.2 Å². The Bertz CT molecular complexity index is 1190. The van der Waals surface area contributed by atoms with Crippen LogP contribution in [0.4, 0.5) is 17.6 Å². The molecule has 0 radical (unpaired) electrons. The molecule has 13 heteroatoms. The van der Waals surface area contributed by atoms with E-state index in [2.05, 4.69) is 30.7 Å². The average molecular weight is 456 g/mol. The molecule has 0 aliphatic rings. The Hall–Kier alpha value is -2.99. The van der Waals surface area contributed by atoms with Gasteiger partial charge in [-0.15, -0.1) is 10.2 Å². The number of rotatable bonds is 5. The van der Waals surface area contributed by atoms with Crippen molar-refractivity contribution in [2.24, 2.45) is 0 Å². The second-order valence-electron chi connectivity index (χ2n) is 5.90. The first-order valence-electron chi connectivity index (χ1n) is 8.27. The zero-order valence-electron chi connectivity index (χ0n) is 14.7. The molecule has 1 N–H and O–H groups in total. The largest absolute Gasteiger partial charge is 0.418 e. The monoisotopic (exact) mass is 455 g/mol. The van der Waals surface area contributed by atoms with Crippen LogP contribution < -0.4 is 0 Å². The third-order valence-corrected chi connectivity index (χ3v) is 5.03. The first-order chi connectivity index (χ1) is 14.3. The van der Waals surface area contributed by atoms with Crippen LogP contribution >= 0.6 is 23.4 Å². The lowest BCUT2D eigenvalue weighted by molar-refractivity contribution is -0.137. The first-order valence-corrected chi connectivity index (χ1v) is 9.64. The first kappa shape index (κ1) is 20.3. The molecule has 0 fully saturated rings. The van der Waals surface area contributed by atoms with Crippen molar-refractivity contribution in [1.82, 2.24) is 35.4 Å². The number of alkyl halides is 3. The number of nitrogens with zero attached hydrogens (tertiary/aromatic N) is 6. The predicted molar refractivity (Wildman–Crippen MR) is 101 cm³/mol. The minimum Gasteiger partial charge on any atom is -0.258 e. The van der Waals surface area contributed by atoms with Crippen molar-refractivity contribution in [1.29, 1.82) is 0 Å². The summed E-state index contributed by atoms with van der Waals surface area (Å²) in [6.45, 7) is 0. The van der Waals surface area contributed by atoms with E-state index >= 15 is 0 Å². The number of H-pyrrole nitrogens is 1. The maximum absolute atomic E-state index is 13.9.